The van der Waals surface area contributed by atoms with Gasteiger partial charge in [0.15, 0.2) is 6.16 Å². The van der Waals surface area contributed by atoms with Gasteiger partial charge in [-0.25, -0.2) is 0 Å². The molecule has 1 atom stereocenters. The van der Waals surface area contributed by atoms with E-state index in [-0.39, 0.29) is 5.78 Å². The van der Waals surface area contributed by atoms with Crippen LogP contribution < -0.4 is 0 Å². The number of unbranched alkanes of at least 4 members (excludes halogenated alkanes) is 2. The van der Waals surface area contributed by atoms with Crippen LogP contribution in [-0.2, 0) is 9.36 Å². The molecule has 0 saturated heterocycles. The van der Waals surface area contributed by atoms with E-state index in [4.69, 9.17) is 4.89 Å². The summed E-state index contributed by atoms with van der Waals surface area (Å²) in [7, 11) is -1.97. The van der Waals surface area contributed by atoms with E-state index in [9.17, 15) is 9.36 Å². The van der Waals surface area contributed by atoms with Crippen molar-refractivity contribution in [2.75, 3.05) is 6.16 Å². The van der Waals surface area contributed by atoms with Crippen molar-refractivity contribution in [3.8, 4) is 0 Å². The first-order chi connectivity index (χ1) is 5.13. The largest absolute Gasteiger partial charge is 0.505 e. The van der Waals surface area contributed by atoms with Crippen LogP contribution in [0.4, 0.5) is 0 Å². The molecule has 1 unspecified atom stereocenters. The predicted octanol–water partition coefficient (Wildman–Crippen LogP) is 1.87. The highest BCUT2D eigenvalue weighted by Gasteiger charge is 2.07. The van der Waals surface area contributed by atoms with Gasteiger partial charge in [0.1, 0.15) is 5.78 Å². The maximum Gasteiger partial charge on any atom is 0.505 e. The van der Waals surface area contributed by atoms with Crippen LogP contribution in [-0.4, -0.2) is 16.8 Å². The monoisotopic (exact) mass is 177 g/mol. The van der Waals surface area contributed by atoms with Gasteiger partial charge in [-0.2, -0.15) is 4.89 Å². The summed E-state index contributed by atoms with van der Waals surface area (Å²) in [4.78, 5) is 18.8. The first kappa shape index (κ1) is 10.7. The molecular weight excluding hydrogens is 163 g/mol. The van der Waals surface area contributed by atoms with Gasteiger partial charge in [0.25, 0.3) is 0 Å². The van der Waals surface area contributed by atoms with Crippen molar-refractivity contribution < 1.29 is 14.3 Å². The minimum absolute atomic E-state index is 0.193. The fourth-order valence-electron chi connectivity index (χ4n) is 0.798. The number of carbonyl (C=O) groups excluding carboxylic acids is 1. The first-order valence-electron chi connectivity index (χ1n) is 3.76. The van der Waals surface area contributed by atoms with Gasteiger partial charge in [0.2, 0.25) is 0 Å². The molecular formula is C7H14O3P+. The Hall–Kier alpha value is -0.270. The van der Waals surface area contributed by atoms with Gasteiger partial charge in [0.05, 0.1) is 0 Å². The van der Waals surface area contributed by atoms with E-state index >= 15 is 0 Å². The molecule has 4 heteroatoms. The average Bonchev–Trinajstić information content (AvgIpc) is 1.85. The Morgan fingerprint density at radius 2 is 2.00 bits per heavy atom. The summed E-state index contributed by atoms with van der Waals surface area (Å²) in [6.45, 7) is 1.56. The SMILES string of the molecule is CC(=O)CCCCC[P+](=O)O. The molecule has 0 fully saturated rings. The standard InChI is InChI=1S/C7H13O3P/c1-7(8)5-3-2-4-6-11(9)10/h2-6H2,1H3/p+1. The van der Waals surface area contributed by atoms with E-state index < -0.39 is 8.03 Å². The Morgan fingerprint density at radius 1 is 1.36 bits per heavy atom. The molecule has 0 amide bonds. The van der Waals surface area contributed by atoms with Crippen LogP contribution in [0.2, 0.25) is 0 Å². The highest BCUT2D eigenvalue weighted by Crippen LogP contribution is 2.15. The van der Waals surface area contributed by atoms with Crippen LogP contribution >= 0.6 is 8.03 Å². The highest BCUT2D eigenvalue weighted by molar-refractivity contribution is 7.37. The molecule has 64 valence electrons. The molecule has 11 heavy (non-hydrogen) atoms. The molecule has 0 spiro atoms. The summed E-state index contributed by atoms with van der Waals surface area (Å²) in [6, 6.07) is 0. The summed E-state index contributed by atoms with van der Waals surface area (Å²) in [6.07, 6.45) is 3.44. The maximum atomic E-state index is 10.4. The number of ketones is 1. The molecule has 0 aliphatic carbocycles. The van der Waals surface area contributed by atoms with Crippen LogP contribution in [0.1, 0.15) is 32.6 Å². The lowest BCUT2D eigenvalue weighted by atomic mass is 10.2. The summed E-state index contributed by atoms with van der Waals surface area (Å²) in [5, 5.41) is 0. The number of hydrogen-bond donors (Lipinski definition) is 1. The van der Waals surface area contributed by atoms with Gasteiger partial charge in [-0.3, -0.25) is 0 Å². The van der Waals surface area contributed by atoms with Crippen molar-refractivity contribution in [1.82, 2.24) is 0 Å². The third-order valence-electron chi connectivity index (χ3n) is 1.38. The number of Topliss-reactive ketones (excluding diaryl/α,β-unsaturated/α-hetero) is 1. The van der Waals surface area contributed by atoms with E-state index in [2.05, 4.69) is 0 Å². The van der Waals surface area contributed by atoms with E-state index in [1.807, 2.05) is 0 Å². The van der Waals surface area contributed by atoms with E-state index in [0.717, 1.165) is 19.3 Å². The molecule has 0 aliphatic rings. The van der Waals surface area contributed by atoms with Gasteiger partial charge < -0.3 is 4.79 Å². The summed E-state index contributed by atoms with van der Waals surface area (Å²) >= 11 is 0. The molecule has 1 N–H and O–H groups in total. The average molecular weight is 177 g/mol. The van der Waals surface area contributed by atoms with Gasteiger partial charge in [-0.15, -0.1) is 0 Å². The zero-order chi connectivity index (χ0) is 8.69. The minimum atomic E-state index is -1.97. The van der Waals surface area contributed by atoms with E-state index in [1.165, 1.54) is 0 Å². The fraction of sp³-hybridized carbons (Fsp3) is 0.857. The van der Waals surface area contributed by atoms with Crippen LogP contribution in [0.3, 0.4) is 0 Å². The zero-order valence-corrected chi connectivity index (χ0v) is 7.64. The van der Waals surface area contributed by atoms with E-state index in [0.29, 0.717) is 12.6 Å². The summed E-state index contributed by atoms with van der Waals surface area (Å²) in [5.41, 5.74) is 0. The highest BCUT2D eigenvalue weighted by atomic mass is 31.1. The molecule has 0 bridgehead atoms. The number of rotatable bonds is 6. The van der Waals surface area contributed by atoms with Crippen LogP contribution in [0.5, 0.6) is 0 Å². The Morgan fingerprint density at radius 3 is 2.45 bits per heavy atom. The Bertz CT molecular complexity index is 129. The summed E-state index contributed by atoms with van der Waals surface area (Å²) < 4.78 is 10.2. The normalized spacial score (nSPS) is 11.3. The Kier molecular flexibility index (Phi) is 6.28. The van der Waals surface area contributed by atoms with Crippen LogP contribution in [0, 0.1) is 0 Å². The van der Waals surface area contributed by atoms with Crippen molar-refractivity contribution >= 4 is 13.8 Å². The van der Waals surface area contributed by atoms with Crippen molar-refractivity contribution in [2.24, 2.45) is 0 Å². The molecule has 0 rings (SSSR count). The molecule has 0 saturated carbocycles. The molecule has 0 aromatic carbocycles. The number of carbonyl (C=O) groups is 1. The van der Waals surface area contributed by atoms with Crippen molar-refractivity contribution in [1.29, 1.82) is 0 Å². The lowest BCUT2D eigenvalue weighted by Crippen LogP contribution is -1.89. The third-order valence-corrected chi connectivity index (χ3v) is 2.08. The van der Waals surface area contributed by atoms with Gasteiger partial charge >= 0.3 is 8.03 Å². The molecule has 0 heterocycles. The van der Waals surface area contributed by atoms with Gasteiger partial charge in [-0.05, 0) is 30.8 Å². The molecule has 0 radical (unpaired) electrons. The second kappa shape index (κ2) is 6.44. The van der Waals surface area contributed by atoms with Gasteiger partial charge in [0, 0.05) is 6.42 Å². The quantitative estimate of drug-likeness (QED) is 0.497. The Labute approximate surface area is 67.7 Å². The second-order valence-electron chi connectivity index (χ2n) is 2.59. The van der Waals surface area contributed by atoms with Crippen LogP contribution in [0.25, 0.3) is 0 Å². The fourth-order valence-corrected chi connectivity index (χ4v) is 1.29. The number of hydrogen-bond acceptors (Lipinski definition) is 2. The van der Waals surface area contributed by atoms with Crippen LogP contribution in [0.15, 0.2) is 0 Å². The minimum Gasteiger partial charge on any atom is -0.300 e. The lowest BCUT2D eigenvalue weighted by molar-refractivity contribution is -0.117. The van der Waals surface area contributed by atoms with Crippen molar-refractivity contribution in [2.45, 2.75) is 32.6 Å². The van der Waals surface area contributed by atoms with Crippen molar-refractivity contribution in [3.63, 3.8) is 0 Å². The predicted molar refractivity (Wildman–Crippen MR) is 43.8 cm³/mol. The topological polar surface area (TPSA) is 54.4 Å². The molecule has 0 aliphatic heterocycles. The Balaban J connectivity index is 3.03. The lowest BCUT2D eigenvalue weighted by Gasteiger charge is -1.91. The molecule has 0 aromatic heterocycles. The van der Waals surface area contributed by atoms with E-state index in [1.54, 1.807) is 6.92 Å². The smallest absolute Gasteiger partial charge is 0.300 e. The molecule has 3 nitrogen and oxygen atoms in total. The maximum absolute atomic E-state index is 10.4. The third kappa shape index (κ3) is 9.73. The second-order valence-corrected chi connectivity index (χ2v) is 3.74. The zero-order valence-electron chi connectivity index (χ0n) is 6.75. The summed E-state index contributed by atoms with van der Waals surface area (Å²) in [5.74, 6) is 0.193. The molecule has 0 aromatic rings. The van der Waals surface area contributed by atoms with Gasteiger partial charge in [-0.1, -0.05) is 0 Å². The first-order valence-corrected chi connectivity index (χ1v) is 5.15. The van der Waals surface area contributed by atoms with Crippen molar-refractivity contribution in [3.05, 3.63) is 0 Å².